The van der Waals surface area contributed by atoms with E-state index in [0.29, 0.717) is 28.9 Å². The molecule has 0 aliphatic carbocycles. The van der Waals surface area contributed by atoms with Crippen LogP contribution >= 0.6 is 11.6 Å². The fourth-order valence-electron chi connectivity index (χ4n) is 3.87. The molecule has 1 unspecified atom stereocenters. The Morgan fingerprint density at radius 3 is 2.15 bits per heavy atom. The molecule has 1 atom stereocenters. The first-order valence-electron chi connectivity index (χ1n) is 12.4. The highest BCUT2D eigenvalue weighted by Gasteiger charge is 2.36. The van der Waals surface area contributed by atoms with E-state index in [0.717, 1.165) is 12.1 Å². The van der Waals surface area contributed by atoms with E-state index in [1.165, 1.54) is 36.1 Å². The second-order valence-corrected chi connectivity index (χ2v) is 11.2. The lowest BCUT2D eigenvalue weighted by atomic mass is 10.1. The number of benzene rings is 3. The van der Waals surface area contributed by atoms with Crippen LogP contribution in [0.15, 0.2) is 83.8 Å². The fourth-order valence-corrected chi connectivity index (χ4v) is 5.59. The maximum Gasteiger partial charge on any atom is 0.416 e. The monoisotopic (exact) mass is 595 g/mol. The Hall–Kier alpha value is -3.57. The van der Waals surface area contributed by atoms with Gasteiger partial charge in [0.1, 0.15) is 12.6 Å². The van der Waals surface area contributed by atoms with Gasteiger partial charge in [0, 0.05) is 13.1 Å². The fraction of sp³-hybridized carbons (Fsp3) is 0.286. The van der Waals surface area contributed by atoms with Gasteiger partial charge in [-0.3, -0.25) is 13.9 Å². The molecule has 1 N–H and O–H groups in total. The summed E-state index contributed by atoms with van der Waals surface area (Å²) in [7, 11) is -4.57. The highest BCUT2D eigenvalue weighted by atomic mass is 35.5. The van der Waals surface area contributed by atoms with E-state index < -0.39 is 51.9 Å². The molecule has 3 aromatic rings. The van der Waals surface area contributed by atoms with Crippen LogP contribution in [-0.2, 0) is 32.3 Å². The molecular formula is C28H29ClF3N3O4S. The number of rotatable bonds is 11. The van der Waals surface area contributed by atoms with Gasteiger partial charge in [-0.15, -0.1) is 0 Å². The largest absolute Gasteiger partial charge is 0.416 e. The van der Waals surface area contributed by atoms with Crippen LogP contribution in [0.4, 0.5) is 18.9 Å². The van der Waals surface area contributed by atoms with Crippen molar-refractivity contribution in [3.63, 3.8) is 0 Å². The molecule has 0 aliphatic rings. The third kappa shape index (κ3) is 7.54. The lowest BCUT2D eigenvalue weighted by molar-refractivity contribution is -0.139. The molecule has 0 spiro atoms. The number of hydrogen-bond donors (Lipinski definition) is 1. The average molecular weight is 596 g/mol. The first kappa shape index (κ1) is 31.0. The van der Waals surface area contributed by atoms with Crippen molar-refractivity contribution < 1.29 is 31.2 Å². The van der Waals surface area contributed by atoms with Crippen molar-refractivity contribution in [2.24, 2.45) is 0 Å². The molecule has 0 saturated carbocycles. The molecule has 2 amide bonds. The first-order chi connectivity index (χ1) is 18.9. The number of nitrogens with one attached hydrogen (secondary N) is 1. The lowest BCUT2D eigenvalue weighted by Crippen LogP contribution is -2.51. The number of carbonyl (C=O) groups excluding carboxylic acids is 2. The van der Waals surface area contributed by atoms with Gasteiger partial charge in [0.25, 0.3) is 10.0 Å². The minimum atomic E-state index is -4.79. The zero-order valence-corrected chi connectivity index (χ0v) is 23.4. The molecular weight excluding hydrogens is 567 g/mol. The number of hydrogen-bond acceptors (Lipinski definition) is 4. The predicted octanol–water partition coefficient (Wildman–Crippen LogP) is 5.50. The molecule has 0 fully saturated rings. The van der Waals surface area contributed by atoms with Crippen LogP contribution in [0.2, 0.25) is 5.02 Å². The van der Waals surface area contributed by atoms with Gasteiger partial charge >= 0.3 is 6.18 Å². The number of amides is 2. The average Bonchev–Trinajstić information content (AvgIpc) is 2.93. The molecule has 0 aromatic heterocycles. The van der Waals surface area contributed by atoms with Crippen LogP contribution < -0.4 is 9.62 Å². The summed E-state index contributed by atoms with van der Waals surface area (Å²) in [4.78, 5) is 27.6. The Morgan fingerprint density at radius 2 is 1.57 bits per heavy atom. The molecule has 3 rings (SSSR count). The maximum atomic E-state index is 13.8. The Labute approximate surface area is 236 Å². The van der Waals surface area contributed by atoms with Gasteiger partial charge in [0.2, 0.25) is 11.8 Å². The molecule has 214 valence electrons. The number of halogens is 4. The minimum absolute atomic E-state index is 0.0457. The zero-order chi connectivity index (χ0) is 29.5. The van der Waals surface area contributed by atoms with Crippen LogP contribution in [0.5, 0.6) is 0 Å². The summed E-state index contributed by atoms with van der Waals surface area (Å²) in [5.74, 6) is -1.27. The molecule has 40 heavy (non-hydrogen) atoms. The molecule has 7 nitrogen and oxygen atoms in total. The second-order valence-electron chi connectivity index (χ2n) is 8.96. The number of nitrogens with zero attached hydrogens (tertiary/aromatic N) is 2. The van der Waals surface area contributed by atoms with E-state index in [9.17, 15) is 31.2 Å². The van der Waals surface area contributed by atoms with Gasteiger partial charge in [-0.1, -0.05) is 67.1 Å². The summed E-state index contributed by atoms with van der Waals surface area (Å²) >= 11 is 6.24. The molecule has 0 aliphatic heterocycles. The normalized spacial score (nSPS) is 12.4. The maximum absolute atomic E-state index is 13.8. The van der Waals surface area contributed by atoms with E-state index in [4.69, 9.17) is 11.6 Å². The van der Waals surface area contributed by atoms with Crippen LogP contribution in [0.3, 0.4) is 0 Å². The second kappa shape index (κ2) is 13.2. The summed E-state index contributed by atoms with van der Waals surface area (Å²) in [5.41, 5.74) is -0.988. The predicted molar refractivity (Wildman–Crippen MR) is 147 cm³/mol. The van der Waals surface area contributed by atoms with Crippen LogP contribution in [-0.4, -0.2) is 44.3 Å². The summed E-state index contributed by atoms with van der Waals surface area (Å²) in [5, 5.41) is 2.41. The van der Waals surface area contributed by atoms with Crippen molar-refractivity contribution in [1.29, 1.82) is 0 Å². The molecule has 3 aromatic carbocycles. The van der Waals surface area contributed by atoms with Gasteiger partial charge in [-0.25, -0.2) is 8.42 Å². The van der Waals surface area contributed by atoms with Gasteiger partial charge in [-0.05, 0) is 49.2 Å². The topological polar surface area (TPSA) is 86.8 Å². The summed E-state index contributed by atoms with van der Waals surface area (Å²) < 4.78 is 68.8. The first-order valence-corrected chi connectivity index (χ1v) is 14.2. The third-order valence-corrected chi connectivity index (χ3v) is 8.16. The van der Waals surface area contributed by atoms with Crippen molar-refractivity contribution >= 4 is 39.1 Å². The number of alkyl halides is 3. The third-order valence-electron chi connectivity index (χ3n) is 6.06. The van der Waals surface area contributed by atoms with Crippen LogP contribution in [0.25, 0.3) is 0 Å². The van der Waals surface area contributed by atoms with E-state index in [2.05, 4.69) is 5.32 Å². The molecule has 12 heteroatoms. The quantitative estimate of drug-likeness (QED) is 0.317. The lowest BCUT2D eigenvalue weighted by Gasteiger charge is -2.32. The number of anilines is 1. The van der Waals surface area contributed by atoms with Crippen LogP contribution in [0.1, 0.15) is 31.4 Å². The van der Waals surface area contributed by atoms with E-state index in [1.807, 2.05) is 6.92 Å². The molecule has 0 heterocycles. The Kier molecular flexibility index (Phi) is 10.2. The summed E-state index contributed by atoms with van der Waals surface area (Å²) in [6.45, 7) is 2.78. The van der Waals surface area contributed by atoms with Gasteiger partial charge in [0.15, 0.2) is 0 Å². The Bertz CT molecular complexity index is 1420. The number of carbonyl (C=O) groups is 2. The van der Waals surface area contributed by atoms with E-state index in [-0.39, 0.29) is 16.5 Å². The zero-order valence-electron chi connectivity index (χ0n) is 21.9. The smallest absolute Gasteiger partial charge is 0.354 e. The minimum Gasteiger partial charge on any atom is -0.354 e. The molecule has 0 radical (unpaired) electrons. The summed E-state index contributed by atoms with van der Waals surface area (Å²) in [6, 6.07) is 17.0. The van der Waals surface area contributed by atoms with Crippen molar-refractivity contribution in [3.8, 4) is 0 Å². The SMILES string of the molecule is CCCNC(=O)C(C)N(Cc1ccccc1)C(=O)CN(c1cc(C(F)(F)F)ccc1Cl)S(=O)(=O)c1ccccc1. The van der Waals surface area contributed by atoms with Gasteiger partial charge in [0.05, 0.1) is 21.2 Å². The van der Waals surface area contributed by atoms with Crippen LogP contribution in [0, 0.1) is 0 Å². The van der Waals surface area contributed by atoms with E-state index >= 15 is 0 Å². The van der Waals surface area contributed by atoms with Crippen molar-refractivity contribution in [2.45, 2.75) is 43.9 Å². The van der Waals surface area contributed by atoms with Crippen molar-refractivity contribution in [1.82, 2.24) is 10.2 Å². The van der Waals surface area contributed by atoms with Gasteiger partial charge < -0.3 is 10.2 Å². The van der Waals surface area contributed by atoms with Gasteiger partial charge in [-0.2, -0.15) is 13.2 Å². The van der Waals surface area contributed by atoms with E-state index in [1.54, 1.807) is 36.4 Å². The Balaban J connectivity index is 2.10. The highest BCUT2D eigenvalue weighted by Crippen LogP contribution is 2.37. The molecule has 0 bridgehead atoms. The van der Waals surface area contributed by atoms with Crippen molar-refractivity contribution in [2.75, 3.05) is 17.4 Å². The summed E-state index contributed by atoms with van der Waals surface area (Å²) in [6.07, 6.45) is -4.14. The Morgan fingerprint density at radius 1 is 0.975 bits per heavy atom. The highest BCUT2D eigenvalue weighted by molar-refractivity contribution is 7.92. The number of sulfonamides is 1. The van der Waals surface area contributed by atoms with Crippen molar-refractivity contribution in [3.05, 3.63) is 95.0 Å². The standard InChI is InChI=1S/C28H29ClF3N3O4S/c1-3-16-33-27(37)20(2)34(18-21-10-6-4-7-11-21)26(36)19-35(40(38,39)23-12-8-5-9-13-23)25-17-22(28(30,31)32)14-15-24(25)29/h4-15,17,20H,3,16,18-19H2,1-2H3,(H,33,37). The molecule has 0 saturated heterocycles.